The Kier molecular flexibility index (Phi) is 2.84. The average molecular weight is 318 g/mol. The number of anilines is 2. The molecule has 4 rings (SSSR count). The van der Waals surface area contributed by atoms with E-state index in [1.54, 1.807) is 22.7 Å². The van der Waals surface area contributed by atoms with Crippen LogP contribution in [0.5, 0.6) is 0 Å². The summed E-state index contributed by atoms with van der Waals surface area (Å²) in [5.41, 5.74) is 4.86. The average Bonchev–Trinajstić information content (AvgIpc) is 3.03. The van der Waals surface area contributed by atoms with Crippen molar-refractivity contribution in [3.8, 4) is 0 Å². The second kappa shape index (κ2) is 4.70. The summed E-state index contributed by atoms with van der Waals surface area (Å²) in [5.74, 6) is 0. The Morgan fingerprint density at radius 2 is 1.90 bits per heavy atom. The highest BCUT2D eigenvalue weighted by Crippen LogP contribution is 2.31. The van der Waals surface area contributed by atoms with Crippen molar-refractivity contribution in [2.24, 2.45) is 0 Å². The van der Waals surface area contributed by atoms with Crippen molar-refractivity contribution in [3.05, 3.63) is 46.9 Å². The lowest BCUT2D eigenvalue weighted by atomic mass is 10.3. The molecule has 0 fully saturated rings. The highest BCUT2D eigenvalue weighted by atomic mass is 35.5. The summed E-state index contributed by atoms with van der Waals surface area (Å²) in [6.45, 7) is 0. The van der Waals surface area contributed by atoms with Crippen LogP contribution in [-0.4, -0.2) is 9.97 Å². The molecule has 0 radical (unpaired) electrons. The Bertz CT molecular complexity index is 913. The molecule has 0 bridgehead atoms. The smallest absolute Gasteiger partial charge is 0.188 e. The van der Waals surface area contributed by atoms with Crippen molar-refractivity contribution in [3.63, 3.8) is 0 Å². The van der Waals surface area contributed by atoms with Crippen molar-refractivity contribution >= 4 is 65.5 Å². The van der Waals surface area contributed by atoms with Gasteiger partial charge in [0.15, 0.2) is 5.13 Å². The number of rotatable bonds is 2. The highest BCUT2D eigenvalue weighted by molar-refractivity contribution is 7.22. The van der Waals surface area contributed by atoms with Crippen molar-refractivity contribution in [2.75, 3.05) is 5.32 Å². The topological polar surface area (TPSA) is 37.8 Å². The summed E-state index contributed by atoms with van der Waals surface area (Å²) in [5, 5.41) is 4.94. The number of hydrogen-bond acceptors (Lipinski definition) is 5. The summed E-state index contributed by atoms with van der Waals surface area (Å²) in [6.07, 6.45) is 0. The molecule has 1 N–H and O–H groups in total. The van der Waals surface area contributed by atoms with Crippen LogP contribution < -0.4 is 5.32 Å². The van der Waals surface area contributed by atoms with Gasteiger partial charge >= 0.3 is 0 Å². The van der Waals surface area contributed by atoms with E-state index in [2.05, 4.69) is 21.4 Å². The fraction of sp³-hybridized carbons (Fsp3) is 0. The number of benzene rings is 2. The lowest BCUT2D eigenvalue weighted by Gasteiger charge is -2.01. The number of fused-ring (bicyclic) bond motifs is 2. The minimum Gasteiger partial charge on any atom is -0.331 e. The Hall–Kier alpha value is -1.69. The van der Waals surface area contributed by atoms with Gasteiger partial charge in [0, 0.05) is 10.7 Å². The fourth-order valence-corrected chi connectivity index (χ4v) is 3.89. The van der Waals surface area contributed by atoms with Crippen LogP contribution in [0.25, 0.3) is 20.4 Å². The van der Waals surface area contributed by atoms with E-state index in [1.807, 2.05) is 35.8 Å². The Morgan fingerprint density at radius 1 is 1.00 bits per heavy atom. The van der Waals surface area contributed by atoms with E-state index in [1.165, 1.54) is 4.70 Å². The lowest BCUT2D eigenvalue weighted by molar-refractivity contribution is 1.44. The van der Waals surface area contributed by atoms with E-state index in [9.17, 15) is 0 Å². The molecule has 0 aliphatic rings. The van der Waals surface area contributed by atoms with Gasteiger partial charge in [-0.05, 0) is 36.4 Å². The van der Waals surface area contributed by atoms with Crippen LogP contribution >= 0.6 is 34.3 Å². The first-order valence-electron chi connectivity index (χ1n) is 5.94. The first-order valence-corrected chi connectivity index (χ1v) is 8.02. The summed E-state index contributed by atoms with van der Waals surface area (Å²) in [4.78, 5) is 8.83. The first-order chi connectivity index (χ1) is 9.78. The Balaban J connectivity index is 1.72. The number of thiazole rings is 2. The minimum atomic E-state index is 0.735. The van der Waals surface area contributed by atoms with Gasteiger partial charge in [0.25, 0.3) is 0 Å². The van der Waals surface area contributed by atoms with Gasteiger partial charge in [-0.2, -0.15) is 0 Å². The molecule has 2 aromatic carbocycles. The van der Waals surface area contributed by atoms with E-state index < -0.39 is 0 Å². The predicted octanol–water partition coefficient (Wildman–Crippen LogP) is 5.30. The molecule has 4 aromatic rings. The third-order valence-corrected chi connectivity index (χ3v) is 4.89. The van der Waals surface area contributed by atoms with Crippen LogP contribution in [0, 0.1) is 0 Å². The molecule has 0 aliphatic heterocycles. The van der Waals surface area contributed by atoms with E-state index in [4.69, 9.17) is 11.6 Å². The standard InChI is InChI=1S/C14H8ClN3S2/c15-8-1-3-11-13(5-8)20-14(18-11)17-9-2-4-10-12(6-9)19-7-16-10/h1-7H,(H,17,18). The molecule has 98 valence electrons. The molecule has 0 spiro atoms. The van der Waals surface area contributed by atoms with E-state index in [0.29, 0.717) is 0 Å². The molecule has 0 amide bonds. The molecule has 0 saturated heterocycles. The predicted molar refractivity (Wildman–Crippen MR) is 87.5 cm³/mol. The van der Waals surface area contributed by atoms with Crippen LogP contribution in [-0.2, 0) is 0 Å². The van der Waals surface area contributed by atoms with E-state index in [0.717, 1.165) is 31.6 Å². The summed E-state index contributed by atoms with van der Waals surface area (Å²) >= 11 is 9.22. The van der Waals surface area contributed by atoms with Gasteiger partial charge in [-0.25, -0.2) is 9.97 Å². The summed E-state index contributed by atoms with van der Waals surface area (Å²) in [6, 6.07) is 11.8. The molecular weight excluding hydrogens is 310 g/mol. The molecular formula is C14H8ClN3S2. The number of aromatic nitrogens is 2. The van der Waals surface area contributed by atoms with Crippen molar-refractivity contribution < 1.29 is 0 Å². The fourth-order valence-electron chi connectivity index (χ4n) is 2.01. The van der Waals surface area contributed by atoms with Crippen LogP contribution in [0.4, 0.5) is 10.8 Å². The van der Waals surface area contributed by atoms with Gasteiger partial charge in [0.2, 0.25) is 0 Å². The largest absolute Gasteiger partial charge is 0.331 e. The van der Waals surface area contributed by atoms with Gasteiger partial charge in [0.1, 0.15) is 0 Å². The molecule has 20 heavy (non-hydrogen) atoms. The SMILES string of the molecule is Clc1ccc2nc(Nc3ccc4ncsc4c3)sc2c1. The number of nitrogens with zero attached hydrogens (tertiary/aromatic N) is 2. The molecule has 2 heterocycles. The van der Waals surface area contributed by atoms with Gasteiger partial charge in [-0.1, -0.05) is 22.9 Å². The molecule has 6 heteroatoms. The Labute approximate surface area is 127 Å². The second-order valence-electron chi connectivity index (χ2n) is 4.29. The molecule has 3 nitrogen and oxygen atoms in total. The maximum absolute atomic E-state index is 5.99. The van der Waals surface area contributed by atoms with Crippen LogP contribution in [0.3, 0.4) is 0 Å². The van der Waals surface area contributed by atoms with Crippen LogP contribution in [0.15, 0.2) is 41.9 Å². The number of nitrogens with one attached hydrogen (secondary N) is 1. The highest BCUT2D eigenvalue weighted by Gasteiger charge is 2.05. The number of hydrogen-bond donors (Lipinski definition) is 1. The van der Waals surface area contributed by atoms with Gasteiger partial charge in [-0.15, -0.1) is 11.3 Å². The normalized spacial score (nSPS) is 11.2. The second-order valence-corrected chi connectivity index (χ2v) is 6.64. The van der Waals surface area contributed by atoms with E-state index in [-0.39, 0.29) is 0 Å². The van der Waals surface area contributed by atoms with E-state index >= 15 is 0 Å². The monoisotopic (exact) mass is 317 g/mol. The maximum atomic E-state index is 5.99. The maximum Gasteiger partial charge on any atom is 0.188 e. The molecule has 0 unspecified atom stereocenters. The summed E-state index contributed by atoms with van der Waals surface area (Å²) < 4.78 is 2.25. The molecule has 0 saturated carbocycles. The van der Waals surface area contributed by atoms with Crippen molar-refractivity contribution in [1.29, 1.82) is 0 Å². The zero-order valence-corrected chi connectivity index (χ0v) is 12.5. The van der Waals surface area contributed by atoms with Gasteiger partial charge in [-0.3, -0.25) is 0 Å². The molecule has 0 atom stereocenters. The number of halogens is 1. The first kappa shape index (κ1) is 12.1. The minimum absolute atomic E-state index is 0.735. The zero-order valence-electron chi connectivity index (χ0n) is 10.1. The lowest BCUT2D eigenvalue weighted by Crippen LogP contribution is -1.88. The summed E-state index contributed by atoms with van der Waals surface area (Å²) in [7, 11) is 0. The van der Waals surface area contributed by atoms with Gasteiger partial charge in [0.05, 0.1) is 25.9 Å². The van der Waals surface area contributed by atoms with Crippen LogP contribution in [0.2, 0.25) is 5.02 Å². The van der Waals surface area contributed by atoms with Gasteiger partial charge < -0.3 is 5.32 Å². The van der Waals surface area contributed by atoms with Crippen LogP contribution in [0.1, 0.15) is 0 Å². The van der Waals surface area contributed by atoms with Crippen molar-refractivity contribution in [1.82, 2.24) is 9.97 Å². The molecule has 2 aromatic heterocycles. The Morgan fingerprint density at radius 3 is 2.85 bits per heavy atom. The third-order valence-electron chi connectivity index (χ3n) is 2.93. The zero-order chi connectivity index (χ0) is 13.5. The quantitative estimate of drug-likeness (QED) is 0.545. The third kappa shape index (κ3) is 2.14. The van der Waals surface area contributed by atoms with Crippen molar-refractivity contribution in [2.45, 2.75) is 0 Å². The molecule has 0 aliphatic carbocycles.